The number of likely N-dealkylation sites (tertiary alicyclic amines) is 1. The predicted molar refractivity (Wildman–Crippen MR) is 110 cm³/mol. The molecule has 0 bridgehead atoms. The lowest BCUT2D eigenvalue weighted by atomic mass is 9.92. The Balaban J connectivity index is 1.53. The molecule has 1 amide bonds. The molecule has 142 valence electrons. The van der Waals surface area contributed by atoms with Crippen LogP contribution < -0.4 is 5.32 Å². The lowest BCUT2D eigenvalue weighted by Gasteiger charge is -2.22. The van der Waals surface area contributed by atoms with Gasteiger partial charge in [-0.05, 0) is 62.0 Å². The molecule has 4 heterocycles. The van der Waals surface area contributed by atoms with Gasteiger partial charge in [0, 0.05) is 36.4 Å². The Bertz CT molecular complexity index is 990. The number of amides is 1. The molecule has 2 atom stereocenters. The maximum atomic E-state index is 13.5. The Morgan fingerprint density at radius 1 is 1.04 bits per heavy atom. The molecule has 0 unspecified atom stereocenters. The maximum Gasteiger partial charge on any atom is 0.254 e. The van der Waals surface area contributed by atoms with Gasteiger partial charge in [0.25, 0.3) is 5.91 Å². The predicted octanol–water partition coefficient (Wildman–Crippen LogP) is 3.37. The normalized spacial score (nSPS) is 22.1. The van der Waals surface area contributed by atoms with Gasteiger partial charge in [-0.15, -0.1) is 0 Å². The molecule has 2 saturated heterocycles. The van der Waals surface area contributed by atoms with Crippen molar-refractivity contribution in [3.63, 3.8) is 0 Å². The van der Waals surface area contributed by atoms with E-state index in [2.05, 4.69) is 10.3 Å². The number of aromatic nitrogens is 2. The zero-order valence-corrected chi connectivity index (χ0v) is 15.8. The molecule has 5 nitrogen and oxygen atoms in total. The van der Waals surface area contributed by atoms with Crippen LogP contribution in [-0.2, 0) is 0 Å². The maximum absolute atomic E-state index is 13.5. The summed E-state index contributed by atoms with van der Waals surface area (Å²) in [4.78, 5) is 24.6. The highest BCUT2D eigenvalue weighted by molar-refractivity contribution is 6.07. The van der Waals surface area contributed by atoms with Gasteiger partial charge in [-0.25, -0.2) is 4.98 Å². The van der Waals surface area contributed by atoms with Gasteiger partial charge in [-0.3, -0.25) is 9.78 Å². The second-order valence-corrected chi connectivity index (χ2v) is 7.86. The van der Waals surface area contributed by atoms with Gasteiger partial charge in [-0.2, -0.15) is 0 Å². The van der Waals surface area contributed by atoms with Crippen LogP contribution in [0.3, 0.4) is 0 Å². The molecule has 1 N–H and O–H groups in total. The van der Waals surface area contributed by atoms with Gasteiger partial charge in [-0.1, -0.05) is 18.2 Å². The van der Waals surface area contributed by atoms with Crippen LogP contribution in [-0.4, -0.2) is 47.0 Å². The molecule has 28 heavy (non-hydrogen) atoms. The minimum atomic E-state index is 0.122. The number of pyridine rings is 2. The van der Waals surface area contributed by atoms with Crippen molar-refractivity contribution in [2.24, 2.45) is 11.8 Å². The molecule has 5 rings (SSSR count). The molecule has 0 radical (unpaired) electrons. The molecular formula is C23H24N4O. The molecular weight excluding hydrogens is 348 g/mol. The first-order valence-corrected chi connectivity index (χ1v) is 10.1. The van der Waals surface area contributed by atoms with Gasteiger partial charge < -0.3 is 10.2 Å². The fourth-order valence-electron chi connectivity index (χ4n) is 4.61. The third kappa shape index (κ3) is 3.16. The Morgan fingerprint density at radius 3 is 2.57 bits per heavy atom. The van der Waals surface area contributed by atoms with E-state index in [1.54, 1.807) is 12.4 Å². The van der Waals surface area contributed by atoms with Gasteiger partial charge in [0.2, 0.25) is 0 Å². The highest BCUT2D eigenvalue weighted by Crippen LogP contribution is 2.30. The summed E-state index contributed by atoms with van der Waals surface area (Å²) >= 11 is 0. The molecule has 0 saturated carbocycles. The molecule has 0 spiro atoms. The Labute approximate surface area is 164 Å². The van der Waals surface area contributed by atoms with E-state index in [0.29, 0.717) is 11.8 Å². The summed E-state index contributed by atoms with van der Waals surface area (Å²) in [5.41, 5.74) is 3.32. The summed E-state index contributed by atoms with van der Waals surface area (Å²) < 4.78 is 0. The highest BCUT2D eigenvalue weighted by atomic mass is 16.2. The minimum Gasteiger partial charge on any atom is -0.339 e. The second kappa shape index (κ2) is 7.32. The zero-order valence-electron chi connectivity index (χ0n) is 15.8. The lowest BCUT2D eigenvalue weighted by Crippen LogP contribution is -2.33. The third-order valence-corrected chi connectivity index (χ3v) is 6.21. The number of hydrogen-bond acceptors (Lipinski definition) is 4. The number of hydrogen-bond donors (Lipinski definition) is 1. The van der Waals surface area contributed by atoms with Crippen LogP contribution >= 0.6 is 0 Å². The molecule has 2 aromatic heterocycles. The number of fused-ring (bicyclic) bond motifs is 2. The number of carbonyl (C=O) groups excluding carboxylic acids is 1. The largest absolute Gasteiger partial charge is 0.339 e. The van der Waals surface area contributed by atoms with Crippen molar-refractivity contribution in [2.75, 3.05) is 26.2 Å². The molecule has 0 aliphatic carbocycles. The average molecular weight is 372 g/mol. The first kappa shape index (κ1) is 17.3. The monoisotopic (exact) mass is 372 g/mol. The topological polar surface area (TPSA) is 58.1 Å². The highest BCUT2D eigenvalue weighted by Gasteiger charge is 2.32. The van der Waals surface area contributed by atoms with E-state index in [-0.39, 0.29) is 5.91 Å². The van der Waals surface area contributed by atoms with Gasteiger partial charge in [0.1, 0.15) is 0 Å². The van der Waals surface area contributed by atoms with Gasteiger partial charge >= 0.3 is 0 Å². The third-order valence-electron chi connectivity index (χ3n) is 6.21. The molecule has 2 aliphatic rings. The second-order valence-electron chi connectivity index (χ2n) is 7.86. The van der Waals surface area contributed by atoms with E-state index in [4.69, 9.17) is 4.98 Å². The summed E-state index contributed by atoms with van der Waals surface area (Å²) in [6.45, 7) is 3.85. The Kier molecular flexibility index (Phi) is 4.53. The van der Waals surface area contributed by atoms with Gasteiger partial charge in [0.15, 0.2) is 0 Å². The van der Waals surface area contributed by atoms with Crippen LogP contribution in [0.4, 0.5) is 0 Å². The van der Waals surface area contributed by atoms with E-state index < -0.39 is 0 Å². The average Bonchev–Trinajstić information content (AvgIpc) is 3.11. The van der Waals surface area contributed by atoms with Crippen molar-refractivity contribution in [3.05, 3.63) is 60.4 Å². The molecule has 2 aliphatic heterocycles. The SMILES string of the molecule is O=C(c1cc(-c2cccnc2)nc2ccccc12)N1CC[C@@H]2CNC[C@@H]2CC1. The molecule has 5 heteroatoms. The molecule has 3 aromatic rings. The summed E-state index contributed by atoms with van der Waals surface area (Å²) in [5.74, 6) is 1.53. The molecule has 1 aromatic carbocycles. The number of rotatable bonds is 2. The van der Waals surface area contributed by atoms with Crippen LogP contribution in [0.25, 0.3) is 22.2 Å². The van der Waals surface area contributed by atoms with Crippen molar-refractivity contribution in [1.82, 2.24) is 20.2 Å². The molecule has 2 fully saturated rings. The van der Waals surface area contributed by atoms with Crippen molar-refractivity contribution >= 4 is 16.8 Å². The van der Waals surface area contributed by atoms with Crippen LogP contribution in [0.1, 0.15) is 23.2 Å². The number of para-hydroxylation sites is 1. The number of nitrogens with zero attached hydrogens (tertiary/aromatic N) is 3. The lowest BCUT2D eigenvalue weighted by molar-refractivity contribution is 0.0760. The van der Waals surface area contributed by atoms with E-state index in [0.717, 1.165) is 66.7 Å². The van der Waals surface area contributed by atoms with Crippen LogP contribution in [0.2, 0.25) is 0 Å². The minimum absolute atomic E-state index is 0.122. The smallest absolute Gasteiger partial charge is 0.254 e. The fraction of sp³-hybridized carbons (Fsp3) is 0.348. The quantitative estimate of drug-likeness (QED) is 0.749. The van der Waals surface area contributed by atoms with E-state index in [1.165, 1.54) is 0 Å². The Morgan fingerprint density at radius 2 is 1.82 bits per heavy atom. The standard InChI is InChI=1S/C23H24N4O/c28-23(27-10-7-16-13-25-14-17(16)8-11-27)20-12-22(18-4-3-9-24-15-18)26-21-6-2-1-5-19(20)21/h1-6,9,12,15-17,25H,7-8,10-11,13-14H2/t16-,17+. The summed E-state index contributed by atoms with van der Waals surface area (Å²) in [6.07, 6.45) is 5.72. The number of benzene rings is 1. The summed E-state index contributed by atoms with van der Waals surface area (Å²) in [6, 6.07) is 13.7. The van der Waals surface area contributed by atoms with Crippen LogP contribution in [0.15, 0.2) is 54.9 Å². The van der Waals surface area contributed by atoms with Gasteiger partial charge in [0.05, 0.1) is 16.8 Å². The number of carbonyl (C=O) groups is 1. The van der Waals surface area contributed by atoms with Crippen molar-refractivity contribution in [1.29, 1.82) is 0 Å². The van der Waals surface area contributed by atoms with E-state index in [1.807, 2.05) is 47.4 Å². The first-order chi connectivity index (χ1) is 13.8. The van der Waals surface area contributed by atoms with E-state index in [9.17, 15) is 4.79 Å². The van der Waals surface area contributed by atoms with Crippen molar-refractivity contribution in [3.8, 4) is 11.3 Å². The number of nitrogens with one attached hydrogen (secondary N) is 1. The Hall–Kier alpha value is -2.79. The van der Waals surface area contributed by atoms with Crippen molar-refractivity contribution < 1.29 is 4.79 Å². The van der Waals surface area contributed by atoms with Crippen LogP contribution in [0, 0.1) is 11.8 Å². The zero-order chi connectivity index (χ0) is 18.9. The van der Waals surface area contributed by atoms with E-state index >= 15 is 0 Å². The van der Waals surface area contributed by atoms with Crippen molar-refractivity contribution in [2.45, 2.75) is 12.8 Å². The first-order valence-electron chi connectivity index (χ1n) is 10.1. The summed E-state index contributed by atoms with van der Waals surface area (Å²) in [7, 11) is 0. The van der Waals surface area contributed by atoms with Crippen LogP contribution in [0.5, 0.6) is 0 Å². The summed E-state index contributed by atoms with van der Waals surface area (Å²) in [5, 5.41) is 4.42. The fourth-order valence-corrected chi connectivity index (χ4v) is 4.61.